The topological polar surface area (TPSA) is 24.4 Å². The van der Waals surface area contributed by atoms with Crippen molar-refractivity contribution in [3.05, 3.63) is 12.4 Å². The fourth-order valence-corrected chi connectivity index (χ4v) is 0.415. The van der Waals surface area contributed by atoms with Crippen molar-refractivity contribution >= 4 is 6.21 Å². The Labute approximate surface area is 42.9 Å². The minimum atomic E-state index is 0.352. The van der Waals surface area contributed by atoms with Crippen LogP contribution >= 0.6 is 0 Å². The second kappa shape index (κ2) is 1.78. The van der Waals surface area contributed by atoms with E-state index >= 15 is 0 Å². The number of nitrogens with zero attached hydrogens (tertiary/aromatic N) is 1. The summed E-state index contributed by atoms with van der Waals surface area (Å²) in [7, 11) is 0. The lowest BCUT2D eigenvalue weighted by Crippen LogP contribution is -2.23. The predicted octanol–water partition coefficient (Wildman–Crippen LogP) is 0.323. The molecule has 0 saturated heterocycles. The summed E-state index contributed by atoms with van der Waals surface area (Å²) in [4.78, 5) is 3.83. The molecule has 0 saturated carbocycles. The molecule has 0 amide bonds. The van der Waals surface area contributed by atoms with Crippen LogP contribution < -0.4 is 5.32 Å². The fraction of sp³-hybridized carbons (Fsp3) is 0.400. The van der Waals surface area contributed by atoms with Crippen LogP contribution in [-0.4, -0.2) is 12.3 Å². The summed E-state index contributed by atoms with van der Waals surface area (Å²) in [5.74, 6) is 0. The van der Waals surface area contributed by atoms with Gasteiger partial charge < -0.3 is 5.32 Å². The molecule has 37 valence electrons. The van der Waals surface area contributed by atoms with E-state index in [9.17, 15) is 0 Å². The molecule has 1 heterocycles. The van der Waals surface area contributed by atoms with Crippen molar-refractivity contribution in [2.45, 2.75) is 13.0 Å². The molecule has 1 N–H and O–H groups in total. The first-order chi connectivity index (χ1) is 3.39. The van der Waals surface area contributed by atoms with Crippen molar-refractivity contribution in [3.63, 3.8) is 0 Å². The highest BCUT2D eigenvalue weighted by Crippen LogP contribution is 1.82. The smallest absolute Gasteiger partial charge is 0.0782 e. The summed E-state index contributed by atoms with van der Waals surface area (Å²) >= 11 is 0. The van der Waals surface area contributed by atoms with Crippen molar-refractivity contribution in [1.82, 2.24) is 5.32 Å². The molecule has 1 aliphatic heterocycles. The van der Waals surface area contributed by atoms with Crippen LogP contribution in [0.2, 0.25) is 0 Å². The number of hydrogen-bond donors (Lipinski definition) is 1. The van der Waals surface area contributed by atoms with E-state index in [4.69, 9.17) is 0 Å². The van der Waals surface area contributed by atoms with Crippen LogP contribution in [0.3, 0.4) is 0 Å². The van der Waals surface area contributed by atoms with Crippen LogP contribution in [0.4, 0.5) is 0 Å². The molecular formula is C5H7N2. The molecule has 0 aromatic carbocycles. The van der Waals surface area contributed by atoms with Gasteiger partial charge in [0.15, 0.2) is 0 Å². The monoisotopic (exact) mass is 95.1 g/mol. The molecule has 1 unspecified atom stereocenters. The first kappa shape index (κ1) is 4.37. The fourth-order valence-electron chi connectivity index (χ4n) is 0.415. The Bertz CT molecular complexity index is 105. The van der Waals surface area contributed by atoms with Gasteiger partial charge in [-0.25, -0.2) is 0 Å². The van der Waals surface area contributed by atoms with Crippen LogP contribution in [-0.2, 0) is 0 Å². The minimum absolute atomic E-state index is 0.352. The zero-order valence-corrected chi connectivity index (χ0v) is 4.18. The molecule has 1 aliphatic rings. The number of nitrogens with one attached hydrogen (secondary N) is 1. The van der Waals surface area contributed by atoms with Gasteiger partial charge in [-0.05, 0) is 6.92 Å². The number of aliphatic imine (C=N–C) groups is 1. The van der Waals surface area contributed by atoms with E-state index < -0.39 is 0 Å². The second-order valence-corrected chi connectivity index (χ2v) is 1.50. The van der Waals surface area contributed by atoms with Crippen molar-refractivity contribution < 1.29 is 0 Å². The third kappa shape index (κ3) is 1.03. The van der Waals surface area contributed by atoms with E-state index in [1.807, 2.05) is 13.1 Å². The van der Waals surface area contributed by atoms with Gasteiger partial charge in [0.05, 0.1) is 18.4 Å². The predicted molar refractivity (Wildman–Crippen MR) is 28.9 cm³/mol. The molecule has 2 heteroatoms. The van der Waals surface area contributed by atoms with Gasteiger partial charge in [-0.2, -0.15) is 0 Å². The maximum atomic E-state index is 3.83. The Morgan fingerprint density at radius 3 is 3.00 bits per heavy atom. The van der Waals surface area contributed by atoms with Gasteiger partial charge in [-0.1, -0.05) is 0 Å². The summed E-state index contributed by atoms with van der Waals surface area (Å²) in [6.07, 6.45) is 6.20. The largest absolute Gasteiger partial charge is 0.375 e. The highest BCUT2D eigenvalue weighted by molar-refractivity contribution is 5.65. The van der Waals surface area contributed by atoms with Gasteiger partial charge in [0.1, 0.15) is 0 Å². The summed E-state index contributed by atoms with van der Waals surface area (Å²) in [5, 5.41) is 2.93. The van der Waals surface area contributed by atoms with Crippen LogP contribution in [0.5, 0.6) is 0 Å². The molecule has 1 rings (SSSR count). The van der Waals surface area contributed by atoms with Crippen LogP contribution in [0.25, 0.3) is 0 Å². The first-order valence-corrected chi connectivity index (χ1v) is 2.25. The minimum Gasteiger partial charge on any atom is -0.375 e. The summed E-state index contributed by atoms with van der Waals surface area (Å²) in [5.41, 5.74) is 0. The van der Waals surface area contributed by atoms with E-state index in [1.165, 1.54) is 0 Å². The lowest BCUT2D eigenvalue weighted by Gasteiger charge is -2.05. The highest BCUT2D eigenvalue weighted by Gasteiger charge is 1.92. The van der Waals surface area contributed by atoms with E-state index in [-0.39, 0.29) is 0 Å². The van der Waals surface area contributed by atoms with E-state index in [0.29, 0.717) is 6.04 Å². The molecular weight excluding hydrogens is 88.1 g/mol. The van der Waals surface area contributed by atoms with Gasteiger partial charge >= 0.3 is 0 Å². The van der Waals surface area contributed by atoms with Crippen molar-refractivity contribution in [2.75, 3.05) is 0 Å². The second-order valence-electron chi connectivity index (χ2n) is 1.50. The van der Waals surface area contributed by atoms with Gasteiger partial charge in [0.2, 0.25) is 0 Å². The Morgan fingerprint density at radius 1 is 1.86 bits per heavy atom. The van der Waals surface area contributed by atoms with Crippen molar-refractivity contribution in [1.29, 1.82) is 0 Å². The number of hydrogen-bond acceptors (Lipinski definition) is 2. The SMILES string of the molecule is CC1C=NC=[C]N1. The van der Waals surface area contributed by atoms with E-state index in [2.05, 4.69) is 16.5 Å². The Hall–Kier alpha value is -0.790. The van der Waals surface area contributed by atoms with Crippen LogP contribution in [0.15, 0.2) is 11.2 Å². The van der Waals surface area contributed by atoms with Crippen molar-refractivity contribution in [3.8, 4) is 0 Å². The summed E-state index contributed by atoms with van der Waals surface area (Å²) in [6.45, 7) is 2.02. The van der Waals surface area contributed by atoms with Crippen LogP contribution in [0.1, 0.15) is 6.92 Å². The van der Waals surface area contributed by atoms with Gasteiger partial charge in [0.25, 0.3) is 0 Å². The summed E-state index contributed by atoms with van der Waals surface area (Å²) < 4.78 is 0. The molecule has 1 atom stereocenters. The third-order valence-electron chi connectivity index (χ3n) is 0.760. The molecule has 0 aromatic heterocycles. The maximum Gasteiger partial charge on any atom is 0.0782 e. The highest BCUT2D eigenvalue weighted by atomic mass is 14.9. The summed E-state index contributed by atoms with van der Waals surface area (Å²) in [6, 6.07) is 0.352. The normalized spacial score (nSPS) is 27.3. The Morgan fingerprint density at radius 2 is 2.71 bits per heavy atom. The molecule has 0 spiro atoms. The van der Waals surface area contributed by atoms with E-state index in [0.717, 1.165) is 0 Å². The van der Waals surface area contributed by atoms with Crippen molar-refractivity contribution in [2.24, 2.45) is 4.99 Å². The number of rotatable bonds is 0. The van der Waals surface area contributed by atoms with Crippen LogP contribution in [0, 0.1) is 6.20 Å². The zero-order chi connectivity index (χ0) is 5.11. The molecule has 0 fully saturated rings. The van der Waals surface area contributed by atoms with Gasteiger partial charge in [0, 0.05) is 6.21 Å². The Balaban J connectivity index is 2.49. The maximum absolute atomic E-state index is 3.83. The quantitative estimate of drug-likeness (QED) is 0.460. The molecule has 0 aliphatic carbocycles. The average molecular weight is 95.1 g/mol. The Kier molecular flexibility index (Phi) is 1.11. The van der Waals surface area contributed by atoms with Gasteiger partial charge in [-0.15, -0.1) is 0 Å². The molecule has 7 heavy (non-hydrogen) atoms. The van der Waals surface area contributed by atoms with E-state index in [1.54, 1.807) is 6.20 Å². The molecule has 0 bridgehead atoms. The average Bonchev–Trinajstić information content (AvgIpc) is 1.69. The van der Waals surface area contributed by atoms with Gasteiger partial charge in [-0.3, -0.25) is 4.99 Å². The lowest BCUT2D eigenvalue weighted by molar-refractivity contribution is 0.785. The first-order valence-electron chi connectivity index (χ1n) is 2.25. The lowest BCUT2D eigenvalue weighted by atomic mass is 10.4. The molecule has 1 radical (unpaired) electrons. The molecule has 2 nitrogen and oxygen atoms in total. The standard InChI is InChI=1S/C5H7N2/c1-5-4-6-2-3-7-5/h2,4-5,7H,1H3. The molecule has 0 aromatic rings. The zero-order valence-electron chi connectivity index (χ0n) is 4.18. The third-order valence-corrected chi connectivity index (χ3v) is 0.760.